The first kappa shape index (κ1) is 12.1. The van der Waals surface area contributed by atoms with Gasteiger partial charge in [-0.05, 0) is 24.3 Å². The highest BCUT2D eigenvalue weighted by atomic mass is 32.1. The Hall–Kier alpha value is -1.36. The van der Waals surface area contributed by atoms with Crippen molar-refractivity contribution in [2.45, 2.75) is 26.8 Å². The van der Waals surface area contributed by atoms with Gasteiger partial charge in [0.05, 0.1) is 5.39 Å². The molecule has 0 fully saturated rings. The standard InChI is InChI=1S/C12H18N4S/c1-7(2)8(3)14-10-9-5-6-17-11(9)16-12(13-4)15-10/h5-8H,1-4H3,(H2,13,14,15,16). The summed E-state index contributed by atoms with van der Waals surface area (Å²) in [6.45, 7) is 6.56. The molecule has 5 heteroatoms. The van der Waals surface area contributed by atoms with Gasteiger partial charge in [0.1, 0.15) is 10.6 Å². The molecule has 0 radical (unpaired) electrons. The SMILES string of the molecule is CNc1nc(NC(C)C(C)C)c2ccsc2n1. The van der Waals surface area contributed by atoms with Gasteiger partial charge in [-0.2, -0.15) is 4.98 Å². The Bertz CT molecular complexity index is 506. The molecule has 0 saturated heterocycles. The molecular formula is C12H18N4S. The molecule has 0 bridgehead atoms. The van der Waals surface area contributed by atoms with Crippen LogP contribution < -0.4 is 10.6 Å². The molecule has 2 N–H and O–H groups in total. The third-order valence-electron chi connectivity index (χ3n) is 2.91. The Kier molecular flexibility index (Phi) is 3.47. The molecule has 0 amide bonds. The van der Waals surface area contributed by atoms with Crippen LogP contribution in [-0.2, 0) is 0 Å². The lowest BCUT2D eigenvalue weighted by Crippen LogP contribution is -2.22. The van der Waals surface area contributed by atoms with Crippen molar-refractivity contribution in [3.8, 4) is 0 Å². The lowest BCUT2D eigenvalue weighted by molar-refractivity contribution is 0.559. The lowest BCUT2D eigenvalue weighted by atomic mass is 10.1. The normalized spacial score (nSPS) is 13.0. The minimum absolute atomic E-state index is 0.387. The fourth-order valence-electron chi connectivity index (χ4n) is 1.46. The summed E-state index contributed by atoms with van der Waals surface area (Å²) in [4.78, 5) is 9.93. The third kappa shape index (κ3) is 2.49. The van der Waals surface area contributed by atoms with Gasteiger partial charge < -0.3 is 10.6 Å². The van der Waals surface area contributed by atoms with Gasteiger partial charge >= 0.3 is 0 Å². The van der Waals surface area contributed by atoms with Crippen molar-refractivity contribution in [2.24, 2.45) is 5.92 Å². The Morgan fingerprint density at radius 1 is 1.24 bits per heavy atom. The van der Waals surface area contributed by atoms with Crippen LogP contribution in [0.2, 0.25) is 0 Å². The van der Waals surface area contributed by atoms with E-state index >= 15 is 0 Å². The van der Waals surface area contributed by atoms with Crippen LogP contribution in [0, 0.1) is 5.92 Å². The summed E-state index contributed by atoms with van der Waals surface area (Å²) >= 11 is 1.64. The average molecular weight is 250 g/mol. The van der Waals surface area contributed by atoms with Gasteiger partial charge in [-0.1, -0.05) is 13.8 Å². The summed E-state index contributed by atoms with van der Waals surface area (Å²) in [6, 6.07) is 2.45. The zero-order chi connectivity index (χ0) is 12.4. The van der Waals surface area contributed by atoms with Crippen molar-refractivity contribution in [3.63, 3.8) is 0 Å². The first-order valence-electron chi connectivity index (χ1n) is 5.81. The molecule has 4 nitrogen and oxygen atoms in total. The smallest absolute Gasteiger partial charge is 0.225 e. The lowest BCUT2D eigenvalue weighted by Gasteiger charge is -2.18. The van der Waals surface area contributed by atoms with Crippen molar-refractivity contribution in [1.82, 2.24) is 9.97 Å². The number of anilines is 2. The molecule has 0 spiro atoms. The Morgan fingerprint density at radius 2 is 2.00 bits per heavy atom. The van der Waals surface area contributed by atoms with Crippen LogP contribution in [0.5, 0.6) is 0 Å². The molecule has 1 unspecified atom stereocenters. The molecule has 0 aliphatic carbocycles. The van der Waals surface area contributed by atoms with Crippen LogP contribution in [0.4, 0.5) is 11.8 Å². The molecule has 2 heterocycles. The maximum absolute atomic E-state index is 4.49. The number of hydrogen-bond acceptors (Lipinski definition) is 5. The van der Waals surface area contributed by atoms with Crippen molar-refractivity contribution in [3.05, 3.63) is 11.4 Å². The monoisotopic (exact) mass is 250 g/mol. The predicted octanol–water partition coefficient (Wildman–Crippen LogP) is 3.19. The maximum Gasteiger partial charge on any atom is 0.225 e. The van der Waals surface area contributed by atoms with Crippen molar-refractivity contribution in [1.29, 1.82) is 0 Å². The minimum Gasteiger partial charge on any atom is -0.367 e. The molecule has 0 aliphatic rings. The quantitative estimate of drug-likeness (QED) is 0.875. The zero-order valence-corrected chi connectivity index (χ0v) is 11.4. The first-order chi connectivity index (χ1) is 8.11. The highest BCUT2D eigenvalue weighted by Gasteiger charge is 2.12. The van der Waals surface area contributed by atoms with Gasteiger partial charge in [-0.3, -0.25) is 0 Å². The second-order valence-electron chi connectivity index (χ2n) is 4.46. The van der Waals surface area contributed by atoms with Crippen LogP contribution in [0.15, 0.2) is 11.4 Å². The van der Waals surface area contributed by atoms with E-state index in [0.29, 0.717) is 17.9 Å². The van der Waals surface area contributed by atoms with Crippen LogP contribution in [0.3, 0.4) is 0 Å². The second kappa shape index (κ2) is 4.87. The molecule has 92 valence electrons. The molecule has 2 rings (SSSR count). The maximum atomic E-state index is 4.49. The number of nitrogens with one attached hydrogen (secondary N) is 2. The summed E-state index contributed by atoms with van der Waals surface area (Å²) in [5.74, 6) is 2.15. The Balaban J connectivity index is 2.40. The number of aromatic nitrogens is 2. The fourth-order valence-corrected chi connectivity index (χ4v) is 2.22. The van der Waals surface area contributed by atoms with Crippen LogP contribution in [-0.4, -0.2) is 23.1 Å². The van der Waals surface area contributed by atoms with Crippen LogP contribution in [0.25, 0.3) is 10.2 Å². The number of fused-ring (bicyclic) bond motifs is 1. The predicted molar refractivity (Wildman–Crippen MR) is 74.9 cm³/mol. The molecule has 0 saturated carbocycles. The van der Waals surface area contributed by atoms with E-state index < -0.39 is 0 Å². The number of nitrogens with zero attached hydrogens (tertiary/aromatic N) is 2. The van der Waals surface area contributed by atoms with E-state index in [0.717, 1.165) is 16.0 Å². The zero-order valence-electron chi connectivity index (χ0n) is 10.6. The van der Waals surface area contributed by atoms with E-state index in [4.69, 9.17) is 0 Å². The molecule has 2 aromatic rings. The van der Waals surface area contributed by atoms with E-state index in [-0.39, 0.29) is 0 Å². The van der Waals surface area contributed by atoms with Gasteiger partial charge in [0.15, 0.2) is 0 Å². The number of thiophene rings is 1. The van der Waals surface area contributed by atoms with Gasteiger partial charge in [-0.15, -0.1) is 11.3 Å². The van der Waals surface area contributed by atoms with Crippen molar-refractivity contribution < 1.29 is 0 Å². The van der Waals surface area contributed by atoms with Gasteiger partial charge in [0.2, 0.25) is 5.95 Å². The second-order valence-corrected chi connectivity index (χ2v) is 5.36. The van der Waals surface area contributed by atoms with E-state index in [1.165, 1.54) is 0 Å². The summed E-state index contributed by atoms with van der Waals surface area (Å²) < 4.78 is 0. The molecule has 1 atom stereocenters. The molecule has 2 aromatic heterocycles. The van der Waals surface area contributed by atoms with E-state index in [9.17, 15) is 0 Å². The minimum atomic E-state index is 0.387. The summed E-state index contributed by atoms with van der Waals surface area (Å²) in [5, 5.41) is 9.60. The fraction of sp³-hybridized carbons (Fsp3) is 0.500. The topological polar surface area (TPSA) is 49.8 Å². The van der Waals surface area contributed by atoms with Crippen LogP contribution >= 0.6 is 11.3 Å². The van der Waals surface area contributed by atoms with Crippen molar-refractivity contribution >= 4 is 33.3 Å². The van der Waals surface area contributed by atoms with E-state index in [1.807, 2.05) is 12.4 Å². The number of hydrogen-bond donors (Lipinski definition) is 2. The Morgan fingerprint density at radius 3 is 2.65 bits per heavy atom. The van der Waals surface area contributed by atoms with Gasteiger partial charge in [0, 0.05) is 13.1 Å². The highest BCUT2D eigenvalue weighted by molar-refractivity contribution is 7.16. The van der Waals surface area contributed by atoms with Gasteiger partial charge in [-0.25, -0.2) is 4.98 Å². The molecule has 0 aromatic carbocycles. The highest BCUT2D eigenvalue weighted by Crippen LogP contribution is 2.27. The molecule has 17 heavy (non-hydrogen) atoms. The van der Waals surface area contributed by atoms with E-state index in [2.05, 4.69) is 47.4 Å². The third-order valence-corrected chi connectivity index (χ3v) is 3.72. The first-order valence-corrected chi connectivity index (χ1v) is 6.69. The largest absolute Gasteiger partial charge is 0.367 e. The summed E-state index contributed by atoms with van der Waals surface area (Å²) in [7, 11) is 1.84. The summed E-state index contributed by atoms with van der Waals surface area (Å²) in [6.07, 6.45) is 0. The van der Waals surface area contributed by atoms with E-state index in [1.54, 1.807) is 11.3 Å². The Labute approximate surface area is 105 Å². The van der Waals surface area contributed by atoms with Crippen LogP contribution in [0.1, 0.15) is 20.8 Å². The molecule has 0 aliphatic heterocycles. The average Bonchev–Trinajstić information content (AvgIpc) is 2.76. The van der Waals surface area contributed by atoms with Crippen molar-refractivity contribution in [2.75, 3.05) is 17.7 Å². The van der Waals surface area contributed by atoms with Gasteiger partial charge in [0.25, 0.3) is 0 Å². The molecular weight excluding hydrogens is 232 g/mol. The number of rotatable bonds is 4. The summed E-state index contributed by atoms with van der Waals surface area (Å²) in [5.41, 5.74) is 0.